The molecular weight excluding hydrogens is 497 g/mol. The van der Waals surface area contributed by atoms with E-state index >= 15 is 0 Å². The van der Waals surface area contributed by atoms with Gasteiger partial charge in [-0.15, -0.1) is 0 Å². The Balaban J connectivity index is 1.95. The van der Waals surface area contributed by atoms with Gasteiger partial charge in [-0.3, -0.25) is 9.10 Å². The summed E-state index contributed by atoms with van der Waals surface area (Å²) in [5, 5.41) is 3.83. The van der Waals surface area contributed by atoms with Gasteiger partial charge in [0.1, 0.15) is 23.9 Å². The Bertz CT molecular complexity index is 1330. The molecular formula is C24H23ClFN3O5S. The van der Waals surface area contributed by atoms with Gasteiger partial charge in [-0.1, -0.05) is 35.4 Å². The second kappa shape index (κ2) is 11.2. The molecule has 35 heavy (non-hydrogen) atoms. The molecule has 8 nitrogen and oxygen atoms in total. The number of hydrogen-bond donors (Lipinski definition) is 1. The van der Waals surface area contributed by atoms with Gasteiger partial charge in [0.05, 0.1) is 36.0 Å². The van der Waals surface area contributed by atoms with Gasteiger partial charge in [0.2, 0.25) is 0 Å². The Labute approximate surface area is 208 Å². The predicted molar refractivity (Wildman–Crippen MR) is 132 cm³/mol. The first-order chi connectivity index (χ1) is 16.7. The number of hydrogen-bond acceptors (Lipinski definition) is 6. The lowest BCUT2D eigenvalue weighted by Crippen LogP contribution is -2.39. The number of methoxy groups -OCH3 is 2. The standard InChI is InChI=1S/C24H23ClFN3O5S/c1-16-7-10-18(11-8-16)35(31,32)29(22-12-9-17(33-2)13-23(22)34-3)15-24(30)28-27-14-19-20(25)5-4-6-21(19)26/h4-14H,15H2,1-3H3,(H,28,30)/b27-14-. The van der Waals surface area contributed by atoms with Crippen molar-refractivity contribution in [3.63, 3.8) is 0 Å². The maximum Gasteiger partial charge on any atom is 0.264 e. The summed E-state index contributed by atoms with van der Waals surface area (Å²) in [6, 6.07) is 14.8. The first kappa shape index (κ1) is 26.0. The topological polar surface area (TPSA) is 97.3 Å². The average molecular weight is 520 g/mol. The monoisotopic (exact) mass is 519 g/mol. The third kappa shape index (κ3) is 6.09. The lowest BCUT2D eigenvalue weighted by molar-refractivity contribution is -0.119. The molecule has 0 heterocycles. The SMILES string of the molecule is COc1ccc(N(CC(=O)N/N=C\c2c(F)cccc2Cl)S(=O)(=O)c2ccc(C)cc2)c(OC)c1. The lowest BCUT2D eigenvalue weighted by Gasteiger charge is -2.25. The third-order valence-corrected chi connectivity index (χ3v) is 7.04. The smallest absolute Gasteiger partial charge is 0.264 e. The Morgan fingerprint density at radius 1 is 1.11 bits per heavy atom. The molecule has 11 heteroatoms. The van der Waals surface area contributed by atoms with Crippen molar-refractivity contribution in [2.24, 2.45) is 5.10 Å². The van der Waals surface area contributed by atoms with Gasteiger partial charge >= 0.3 is 0 Å². The Morgan fingerprint density at radius 2 is 1.83 bits per heavy atom. The number of anilines is 1. The summed E-state index contributed by atoms with van der Waals surface area (Å²) >= 11 is 5.95. The van der Waals surface area contributed by atoms with Crippen LogP contribution in [0.25, 0.3) is 0 Å². The van der Waals surface area contributed by atoms with E-state index in [2.05, 4.69) is 10.5 Å². The number of amides is 1. The lowest BCUT2D eigenvalue weighted by atomic mass is 10.2. The number of benzene rings is 3. The van der Waals surface area contributed by atoms with Crippen LogP contribution in [0.1, 0.15) is 11.1 Å². The van der Waals surface area contributed by atoms with E-state index in [-0.39, 0.29) is 26.9 Å². The molecule has 0 saturated carbocycles. The number of ether oxygens (including phenoxy) is 2. The Morgan fingerprint density at radius 3 is 2.46 bits per heavy atom. The quantitative estimate of drug-likeness (QED) is 0.338. The molecule has 0 fully saturated rings. The largest absolute Gasteiger partial charge is 0.497 e. The van der Waals surface area contributed by atoms with Gasteiger partial charge in [0.15, 0.2) is 0 Å². The van der Waals surface area contributed by atoms with Crippen molar-refractivity contribution >= 4 is 39.4 Å². The van der Waals surface area contributed by atoms with Crippen LogP contribution in [-0.4, -0.2) is 41.3 Å². The zero-order chi connectivity index (χ0) is 25.6. The van der Waals surface area contributed by atoms with E-state index in [1.807, 2.05) is 6.92 Å². The van der Waals surface area contributed by atoms with Crippen molar-refractivity contribution in [3.8, 4) is 11.5 Å². The Hall–Kier alpha value is -3.63. The number of aryl methyl sites for hydroxylation is 1. The van der Waals surface area contributed by atoms with E-state index in [0.717, 1.165) is 16.1 Å². The van der Waals surface area contributed by atoms with Crippen molar-refractivity contribution in [1.82, 2.24) is 5.43 Å². The van der Waals surface area contributed by atoms with Crippen LogP contribution in [0, 0.1) is 12.7 Å². The van der Waals surface area contributed by atoms with Crippen LogP contribution >= 0.6 is 11.6 Å². The van der Waals surface area contributed by atoms with E-state index in [1.54, 1.807) is 18.2 Å². The van der Waals surface area contributed by atoms with E-state index in [4.69, 9.17) is 21.1 Å². The highest BCUT2D eigenvalue weighted by Gasteiger charge is 2.29. The highest BCUT2D eigenvalue weighted by Crippen LogP contribution is 2.35. The van der Waals surface area contributed by atoms with E-state index in [1.165, 1.54) is 56.7 Å². The molecule has 3 aromatic carbocycles. The molecule has 3 aromatic rings. The second-order valence-corrected chi connectivity index (χ2v) is 9.56. The minimum Gasteiger partial charge on any atom is -0.497 e. The minimum absolute atomic E-state index is 0.0181. The van der Waals surface area contributed by atoms with Crippen molar-refractivity contribution in [3.05, 3.63) is 82.6 Å². The molecule has 0 radical (unpaired) electrons. The average Bonchev–Trinajstić information content (AvgIpc) is 2.84. The molecule has 1 N–H and O–H groups in total. The van der Waals surface area contributed by atoms with E-state index in [9.17, 15) is 17.6 Å². The van der Waals surface area contributed by atoms with Crippen molar-refractivity contribution in [2.75, 3.05) is 25.1 Å². The van der Waals surface area contributed by atoms with Crippen molar-refractivity contribution in [1.29, 1.82) is 0 Å². The molecule has 0 aliphatic carbocycles. The molecule has 0 unspecified atom stereocenters. The summed E-state index contributed by atoms with van der Waals surface area (Å²) in [5.41, 5.74) is 3.18. The molecule has 0 bridgehead atoms. The van der Waals surface area contributed by atoms with Crippen LogP contribution in [0.15, 0.2) is 70.7 Å². The fourth-order valence-electron chi connectivity index (χ4n) is 3.10. The molecule has 0 saturated heterocycles. The number of hydrazone groups is 1. The van der Waals surface area contributed by atoms with Gasteiger partial charge in [-0.25, -0.2) is 18.2 Å². The summed E-state index contributed by atoms with van der Waals surface area (Å²) < 4.78 is 52.4. The van der Waals surface area contributed by atoms with Crippen LogP contribution < -0.4 is 19.2 Å². The van der Waals surface area contributed by atoms with Gasteiger partial charge < -0.3 is 9.47 Å². The third-order valence-electron chi connectivity index (χ3n) is 4.93. The molecule has 3 rings (SSSR count). The Kier molecular flexibility index (Phi) is 8.31. The van der Waals surface area contributed by atoms with Crippen LogP contribution in [0.3, 0.4) is 0 Å². The highest BCUT2D eigenvalue weighted by atomic mass is 35.5. The van der Waals surface area contributed by atoms with Crippen LogP contribution in [0.4, 0.5) is 10.1 Å². The number of carbonyl (C=O) groups excluding carboxylic acids is 1. The highest BCUT2D eigenvalue weighted by molar-refractivity contribution is 7.92. The minimum atomic E-state index is -4.19. The maximum absolute atomic E-state index is 13.9. The number of nitrogens with one attached hydrogen (secondary N) is 1. The predicted octanol–water partition coefficient (Wildman–Crippen LogP) is 4.15. The van der Waals surface area contributed by atoms with Gasteiger partial charge in [-0.2, -0.15) is 5.10 Å². The molecule has 0 aliphatic rings. The molecule has 1 amide bonds. The summed E-state index contributed by atoms with van der Waals surface area (Å²) in [7, 11) is -1.36. The van der Waals surface area contributed by atoms with Crippen molar-refractivity contribution in [2.45, 2.75) is 11.8 Å². The number of carbonyl (C=O) groups is 1. The molecule has 0 aromatic heterocycles. The normalized spacial score (nSPS) is 11.3. The molecule has 0 aliphatic heterocycles. The fraction of sp³-hybridized carbons (Fsp3) is 0.167. The summed E-state index contributed by atoms with van der Waals surface area (Å²) in [6.45, 7) is 1.19. The summed E-state index contributed by atoms with van der Waals surface area (Å²) in [6.07, 6.45) is 1.04. The van der Waals surface area contributed by atoms with Gasteiger partial charge in [-0.05, 0) is 43.3 Å². The number of nitrogens with zero attached hydrogens (tertiary/aromatic N) is 2. The summed E-state index contributed by atoms with van der Waals surface area (Å²) in [4.78, 5) is 12.7. The van der Waals surface area contributed by atoms with Crippen LogP contribution in [0.2, 0.25) is 5.02 Å². The van der Waals surface area contributed by atoms with Crippen LogP contribution in [-0.2, 0) is 14.8 Å². The molecule has 184 valence electrons. The first-order valence-corrected chi connectivity index (χ1v) is 12.1. The number of rotatable bonds is 9. The van der Waals surface area contributed by atoms with Gasteiger partial charge in [0, 0.05) is 11.6 Å². The zero-order valence-corrected chi connectivity index (χ0v) is 20.7. The fourth-order valence-corrected chi connectivity index (χ4v) is 4.74. The number of sulfonamides is 1. The summed E-state index contributed by atoms with van der Waals surface area (Å²) in [5.74, 6) is -0.784. The zero-order valence-electron chi connectivity index (χ0n) is 19.2. The van der Waals surface area contributed by atoms with Crippen LogP contribution in [0.5, 0.6) is 11.5 Å². The molecule has 0 atom stereocenters. The number of halogens is 2. The second-order valence-electron chi connectivity index (χ2n) is 7.29. The van der Waals surface area contributed by atoms with Crippen molar-refractivity contribution < 1.29 is 27.1 Å². The maximum atomic E-state index is 13.9. The van der Waals surface area contributed by atoms with E-state index in [0.29, 0.717) is 5.75 Å². The molecule has 0 spiro atoms. The first-order valence-electron chi connectivity index (χ1n) is 10.2. The van der Waals surface area contributed by atoms with Gasteiger partial charge in [0.25, 0.3) is 15.9 Å². The van der Waals surface area contributed by atoms with E-state index < -0.39 is 28.3 Å².